The molecule has 0 amide bonds. The molecule has 0 fully saturated rings. The minimum absolute atomic E-state index is 0.375. The Morgan fingerprint density at radius 3 is 2.53 bits per heavy atom. The van der Waals surface area contributed by atoms with Gasteiger partial charge in [-0.2, -0.15) is 0 Å². The SMILES string of the molecule is Nc1ccc(F)cc1Nc1cc(Cl)ccc1Cl. The summed E-state index contributed by atoms with van der Waals surface area (Å²) in [6.45, 7) is 0. The average Bonchev–Trinajstić information content (AvgIpc) is 2.28. The van der Waals surface area contributed by atoms with Crippen molar-refractivity contribution in [2.45, 2.75) is 0 Å². The van der Waals surface area contributed by atoms with Crippen LogP contribution in [0.3, 0.4) is 0 Å². The number of nitrogen functional groups attached to an aromatic ring is 1. The molecule has 88 valence electrons. The minimum atomic E-state index is -0.375. The lowest BCUT2D eigenvalue weighted by Crippen LogP contribution is -1.97. The van der Waals surface area contributed by atoms with Gasteiger partial charge >= 0.3 is 0 Å². The van der Waals surface area contributed by atoms with Crippen molar-refractivity contribution in [3.05, 3.63) is 52.3 Å². The Kier molecular flexibility index (Phi) is 3.41. The first-order valence-corrected chi connectivity index (χ1v) is 5.59. The van der Waals surface area contributed by atoms with Crippen molar-refractivity contribution < 1.29 is 4.39 Å². The number of hydrogen-bond acceptors (Lipinski definition) is 2. The van der Waals surface area contributed by atoms with Crippen molar-refractivity contribution in [1.29, 1.82) is 0 Å². The van der Waals surface area contributed by atoms with Gasteiger partial charge in [0.15, 0.2) is 0 Å². The first-order chi connectivity index (χ1) is 8.06. The molecule has 0 spiro atoms. The highest BCUT2D eigenvalue weighted by Crippen LogP contribution is 2.30. The highest BCUT2D eigenvalue weighted by molar-refractivity contribution is 6.35. The van der Waals surface area contributed by atoms with Gasteiger partial charge < -0.3 is 11.1 Å². The summed E-state index contributed by atoms with van der Waals surface area (Å²) >= 11 is 11.8. The fraction of sp³-hybridized carbons (Fsp3) is 0. The van der Waals surface area contributed by atoms with Gasteiger partial charge in [-0.3, -0.25) is 0 Å². The summed E-state index contributed by atoms with van der Waals surface area (Å²) in [4.78, 5) is 0. The van der Waals surface area contributed by atoms with E-state index in [4.69, 9.17) is 28.9 Å². The standard InChI is InChI=1S/C12H9Cl2FN2/c13-7-1-3-9(14)11(5-7)17-12-6-8(15)2-4-10(12)16/h1-6,17H,16H2. The van der Waals surface area contributed by atoms with Gasteiger partial charge in [-0.05, 0) is 36.4 Å². The number of nitrogens with one attached hydrogen (secondary N) is 1. The van der Waals surface area contributed by atoms with Crippen LogP contribution < -0.4 is 11.1 Å². The second-order valence-electron chi connectivity index (χ2n) is 3.48. The average molecular weight is 271 g/mol. The van der Waals surface area contributed by atoms with Crippen molar-refractivity contribution in [1.82, 2.24) is 0 Å². The molecule has 17 heavy (non-hydrogen) atoms. The molecule has 0 atom stereocenters. The zero-order chi connectivity index (χ0) is 12.4. The predicted octanol–water partition coefficient (Wildman–Crippen LogP) is 4.46. The molecule has 2 rings (SSSR count). The largest absolute Gasteiger partial charge is 0.397 e. The zero-order valence-electron chi connectivity index (χ0n) is 8.68. The van der Waals surface area contributed by atoms with Crippen LogP contribution in [0.2, 0.25) is 10.0 Å². The van der Waals surface area contributed by atoms with Crippen LogP contribution in [-0.2, 0) is 0 Å². The Hall–Kier alpha value is -1.45. The number of nitrogens with two attached hydrogens (primary N) is 1. The first-order valence-electron chi connectivity index (χ1n) is 4.83. The Bertz CT molecular complexity index is 509. The van der Waals surface area contributed by atoms with Crippen LogP contribution >= 0.6 is 23.2 Å². The molecule has 0 aliphatic rings. The fourth-order valence-electron chi connectivity index (χ4n) is 1.38. The Labute approximate surface area is 108 Å². The van der Waals surface area contributed by atoms with Gasteiger partial charge in [-0.15, -0.1) is 0 Å². The molecular weight excluding hydrogens is 262 g/mol. The van der Waals surface area contributed by atoms with Gasteiger partial charge in [-0.1, -0.05) is 23.2 Å². The Morgan fingerprint density at radius 2 is 1.76 bits per heavy atom. The highest BCUT2D eigenvalue weighted by atomic mass is 35.5. The molecule has 0 aliphatic heterocycles. The number of halogens is 3. The van der Waals surface area contributed by atoms with Gasteiger partial charge in [0.25, 0.3) is 0 Å². The zero-order valence-corrected chi connectivity index (χ0v) is 10.2. The van der Waals surface area contributed by atoms with E-state index in [0.29, 0.717) is 27.1 Å². The molecule has 0 radical (unpaired) electrons. The number of rotatable bonds is 2. The van der Waals surface area contributed by atoms with Crippen LogP contribution in [0.5, 0.6) is 0 Å². The summed E-state index contributed by atoms with van der Waals surface area (Å²) < 4.78 is 13.1. The third-order valence-corrected chi connectivity index (χ3v) is 2.78. The summed E-state index contributed by atoms with van der Waals surface area (Å²) in [7, 11) is 0. The molecular formula is C12H9Cl2FN2. The smallest absolute Gasteiger partial charge is 0.125 e. The molecule has 2 aromatic rings. The maximum atomic E-state index is 13.1. The van der Waals surface area contributed by atoms with Gasteiger partial charge in [-0.25, -0.2) is 4.39 Å². The number of anilines is 3. The number of benzene rings is 2. The molecule has 0 aromatic heterocycles. The van der Waals surface area contributed by atoms with Gasteiger partial charge in [0.2, 0.25) is 0 Å². The third-order valence-electron chi connectivity index (χ3n) is 2.21. The van der Waals surface area contributed by atoms with Crippen molar-refractivity contribution in [2.75, 3.05) is 11.1 Å². The van der Waals surface area contributed by atoms with E-state index in [0.717, 1.165) is 0 Å². The molecule has 0 bridgehead atoms. The molecule has 0 unspecified atom stereocenters. The van der Waals surface area contributed by atoms with E-state index < -0.39 is 0 Å². The van der Waals surface area contributed by atoms with Crippen molar-refractivity contribution >= 4 is 40.3 Å². The second-order valence-corrected chi connectivity index (χ2v) is 4.32. The van der Waals surface area contributed by atoms with E-state index in [1.54, 1.807) is 18.2 Å². The summed E-state index contributed by atoms with van der Waals surface area (Å²) in [5.74, 6) is -0.375. The number of hydrogen-bond donors (Lipinski definition) is 2. The van der Waals surface area contributed by atoms with Gasteiger partial charge in [0, 0.05) is 5.02 Å². The summed E-state index contributed by atoms with van der Waals surface area (Å²) in [5, 5.41) is 3.96. The van der Waals surface area contributed by atoms with Crippen LogP contribution in [0.1, 0.15) is 0 Å². The van der Waals surface area contributed by atoms with Crippen molar-refractivity contribution in [2.24, 2.45) is 0 Å². The monoisotopic (exact) mass is 270 g/mol. The van der Waals surface area contributed by atoms with Crippen LogP contribution in [0.4, 0.5) is 21.5 Å². The van der Waals surface area contributed by atoms with E-state index >= 15 is 0 Å². The van der Waals surface area contributed by atoms with E-state index in [1.807, 2.05) is 0 Å². The Morgan fingerprint density at radius 1 is 1.00 bits per heavy atom. The maximum Gasteiger partial charge on any atom is 0.125 e. The molecule has 0 heterocycles. The highest BCUT2D eigenvalue weighted by Gasteiger charge is 2.05. The molecule has 0 aliphatic carbocycles. The summed E-state index contributed by atoms with van der Waals surface area (Å²) in [5.41, 5.74) is 7.19. The molecule has 2 aromatic carbocycles. The predicted molar refractivity (Wildman–Crippen MR) is 70.6 cm³/mol. The van der Waals surface area contributed by atoms with Crippen LogP contribution in [-0.4, -0.2) is 0 Å². The van der Waals surface area contributed by atoms with Gasteiger partial charge in [0.1, 0.15) is 5.82 Å². The van der Waals surface area contributed by atoms with Gasteiger partial charge in [0.05, 0.1) is 22.1 Å². The van der Waals surface area contributed by atoms with Crippen molar-refractivity contribution in [3.8, 4) is 0 Å². The summed E-state index contributed by atoms with van der Waals surface area (Å²) in [6.07, 6.45) is 0. The van der Waals surface area contributed by atoms with E-state index in [9.17, 15) is 4.39 Å². The molecule has 2 nitrogen and oxygen atoms in total. The van der Waals surface area contributed by atoms with Crippen LogP contribution in [0.25, 0.3) is 0 Å². The molecule has 0 saturated carbocycles. The first kappa shape index (κ1) is 12.0. The minimum Gasteiger partial charge on any atom is -0.397 e. The second kappa shape index (κ2) is 4.82. The lowest BCUT2D eigenvalue weighted by molar-refractivity contribution is 0.628. The molecule has 5 heteroatoms. The fourth-order valence-corrected chi connectivity index (χ4v) is 1.71. The van der Waals surface area contributed by atoms with E-state index in [2.05, 4.69) is 5.32 Å². The quantitative estimate of drug-likeness (QED) is 0.791. The van der Waals surface area contributed by atoms with Crippen molar-refractivity contribution in [3.63, 3.8) is 0 Å². The maximum absolute atomic E-state index is 13.1. The molecule has 3 N–H and O–H groups in total. The van der Waals surface area contributed by atoms with Crippen LogP contribution in [0, 0.1) is 5.82 Å². The Balaban J connectivity index is 2.37. The van der Waals surface area contributed by atoms with E-state index in [-0.39, 0.29) is 5.82 Å². The lowest BCUT2D eigenvalue weighted by Gasteiger charge is -2.11. The lowest BCUT2D eigenvalue weighted by atomic mass is 10.2. The normalized spacial score (nSPS) is 10.3. The topological polar surface area (TPSA) is 38.0 Å². The van der Waals surface area contributed by atoms with Crippen LogP contribution in [0.15, 0.2) is 36.4 Å². The third kappa shape index (κ3) is 2.81. The summed E-state index contributed by atoms with van der Waals surface area (Å²) in [6, 6.07) is 9.04. The molecule has 0 saturated heterocycles. The van der Waals surface area contributed by atoms with E-state index in [1.165, 1.54) is 18.2 Å².